The third-order valence-corrected chi connectivity index (χ3v) is 12.3. The number of nitrogens with zero attached hydrogens (tertiary/aromatic N) is 3. The Balaban J connectivity index is 1.00. The molecule has 2 aromatic heterocycles. The van der Waals surface area contributed by atoms with Crippen LogP contribution in [0, 0.1) is 0 Å². The first-order valence-corrected chi connectivity index (χ1v) is 20.7. The van der Waals surface area contributed by atoms with Crippen LogP contribution in [-0.4, -0.2) is 15.0 Å². The molecular formula is C55H35N3S. The summed E-state index contributed by atoms with van der Waals surface area (Å²) in [6.07, 6.45) is 0. The van der Waals surface area contributed by atoms with Gasteiger partial charge in [-0.15, -0.1) is 11.3 Å². The van der Waals surface area contributed by atoms with E-state index in [4.69, 9.17) is 15.0 Å². The van der Waals surface area contributed by atoms with Crippen LogP contribution in [0.25, 0.3) is 110 Å². The van der Waals surface area contributed by atoms with Gasteiger partial charge in [-0.3, -0.25) is 0 Å². The van der Waals surface area contributed by atoms with Gasteiger partial charge in [0.15, 0.2) is 17.5 Å². The lowest BCUT2D eigenvalue weighted by Crippen LogP contribution is -2.01. The summed E-state index contributed by atoms with van der Waals surface area (Å²) in [5, 5.41) is 5.08. The van der Waals surface area contributed by atoms with Crippen molar-refractivity contribution < 1.29 is 0 Å². The molecule has 0 fully saturated rings. The zero-order valence-corrected chi connectivity index (χ0v) is 32.8. The SMILES string of the molecule is c1ccc(-c2cccc(-c3nc(-c4ccc(-c5ccc(-c6ccc7c(c6)sc6ccccc67)c6ccccc56)cc4)nc(-c4ccccc4-c4ccccc4)n3)c2)cc1. The van der Waals surface area contributed by atoms with Crippen LogP contribution in [0.2, 0.25) is 0 Å². The molecule has 59 heavy (non-hydrogen) atoms. The molecule has 4 heteroatoms. The van der Waals surface area contributed by atoms with E-state index in [1.54, 1.807) is 0 Å². The number of fused-ring (bicyclic) bond motifs is 4. The van der Waals surface area contributed by atoms with Gasteiger partial charge in [0.05, 0.1) is 0 Å². The highest BCUT2D eigenvalue weighted by molar-refractivity contribution is 7.25. The van der Waals surface area contributed by atoms with Crippen molar-refractivity contribution in [2.24, 2.45) is 0 Å². The second kappa shape index (κ2) is 14.8. The normalized spacial score (nSPS) is 11.4. The summed E-state index contributed by atoms with van der Waals surface area (Å²) in [5.74, 6) is 1.89. The molecule has 0 spiro atoms. The van der Waals surface area contributed by atoms with Crippen LogP contribution in [0.15, 0.2) is 212 Å². The van der Waals surface area contributed by atoms with Crippen LogP contribution in [0.5, 0.6) is 0 Å². The van der Waals surface area contributed by atoms with Crippen molar-refractivity contribution in [2.75, 3.05) is 0 Å². The second-order valence-corrected chi connectivity index (χ2v) is 15.8. The van der Waals surface area contributed by atoms with Crippen molar-refractivity contribution in [1.29, 1.82) is 0 Å². The van der Waals surface area contributed by atoms with Crippen molar-refractivity contribution >= 4 is 42.3 Å². The maximum absolute atomic E-state index is 5.18. The summed E-state index contributed by atoms with van der Waals surface area (Å²) in [7, 11) is 0. The number of thiophene rings is 1. The minimum Gasteiger partial charge on any atom is -0.208 e. The van der Waals surface area contributed by atoms with Gasteiger partial charge in [0.25, 0.3) is 0 Å². The third kappa shape index (κ3) is 6.46. The van der Waals surface area contributed by atoms with Crippen LogP contribution >= 0.6 is 11.3 Å². The first kappa shape index (κ1) is 34.7. The fourth-order valence-electron chi connectivity index (χ4n) is 8.27. The topological polar surface area (TPSA) is 38.7 Å². The smallest absolute Gasteiger partial charge is 0.164 e. The predicted molar refractivity (Wildman–Crippen MR) is 248 cm³/mol. The number of rotatable bonds is 7. The molecule has 0 saturated carbocycles. The Labute approximate surface area is 346 Å². The Morgan fingerprint density at radius 1 is 0.237 bits per heavy atom. The summed E-state index contributed by atoms with van der Waals surface area (Å²) in [6.45, 7) is 0. The van der Waals surface area contributed by atoms with E-state index in [-0.39, 0.29) is 0 Å². The fourth-order valence-corrected chi connectivity index (χ4v) is 9.41. The lowest BCUT2D eigenvalue weighted by Gasteiger charge is -2.14. The molecule has 3 nitrogen and oxygen atoms in total. The van der Waals surface area contributed by atoms with E-state index >= 15 is 0 Å². The second-order valence-electron chi connectivity index (χ2n) is 14.8. The number of hydrogen-bond acceptors (Lipinski definition) is 4. The zero-order chi connectivity index (χ0) is 39.1. The van der Waals surface area contributed by atoms with Gasteiger partial charge in [0.2, 0.25) is 0 Å². The molecule has 11 rings (SSSR count). The molecule has 0 radical (unpaired) electrons. The van der Waals surface area contributed by atoms with Crippen LogP contribution in [-0.2, 0) is 0 Å². The molecule has 0 bridgehead atoms. The first-order chi connectivity index (χ1) is 29.2. The van der Waals surface area contributed by atoms with E-state index in [1.165, 1.54) is 47.6 Å². The van der Waals surface area contributed by atoms with Crippen molar-refractivity contribution in [2.45, 2.75) is 0 Å². The molecule has 276 valence electrons. The summed E-state index contributed by atoms with van der Waals surface area (Å²) >= 11 is 1.86. The highest BCUT2D eigenvalue weighted by atomic mass is 32.1. The van der Waals surface area contributed by atoms with Crippen molar-refractivity contribution in [3.63, 3.8) is 0 Å². The molecule has 0 aliphatic rings. The molecule has 0 aliphatic heterocycles. The Hall–Kier alpha value is -7.53. The van der Waals surface area contributed by atoms with Gasteiger partial charge in [-0.25, -0.2) is 15.0 Å². The molecular weight excluding hydrogens is 735 g/mol. The van der Waals surface area contributed by atoms with Crippen molar-refractivity contribution in [3.8, 4) is 78.7 Å². The lowest BCUT2D eigenvalue weighted by molar-refractivity contribution is 1.07. The highest BCUT2D eigenvalue weighted by Crippen LogP contribution is 2.41. The molecule has 0 N–H and O–H groups in total. The average Bonchev–Trinajstić information content (AvgIpc) is 3.70. The maximum atomic E-state index is 5.18. The van der Waals surface area contributed by atoms with Crippen LogP contribution in [0.1, 0.15) is 0 Å². The average molecular weight is 770 g/mol. The molecule has 0 unspecified atom stereocenters. The molecule has 2 heterocycles. The zero-order valence-electron chi connectivity index (χ0n) is 32.0. The minimum atomic E-state index is 0.626. The summed E-state index contributed by atoms with van der Waals surface area (Å²) in [5.41, 5.74) is 12.0. The summed E-state index contributed by atoms with van der Waals surface area (Å²) in [6, 6.07) is 75.2. The van der Waals surface area contributed by atoms with Gasteiger partial charge in [-0.2, -0.15) is 0 Å². The van der Waals surface area contributed by atoms with Crippen LogP contribution in [0.4, 0.5) is 0 Å². The van der Waals surface area contributed by atoms with E-state index in [2.05, 4.69) is 194 Å². The van der Waals surface area contributed by atoms with Gasteiger partial charge >= 0.3 is 0 Å². The quantitative estimate of drug-likeness (QED) is 0.162. The predicted octanol–water partition coefficient (Wildman–Crippen LogP) is 15.1. The van der Waals surface area contributed by atoms with E-state index in [0.29, 0.717) is 17.5 Å². The van der Waals surface area contributed by atoms with E-state index in [9.17, 15) is 0 Å². The number of hydrogen-bond donors (Lipinski definition) is 0. The van der Waals surface area contributed by atoms with Gasteiger partial charge in [-0.05, 0) is 73.5 Å². The minimum absolute atomic E-state index is 0.626. The van der Waals surface area contributed by atoms with Gasteiger partial charge in [0, 0.05) is 36.9 Å². The van der Waals surface area contributed by atoms with E-state index in [1.807, 2.05) is 29.5 Å². The molecule has 9 aromatic carbocycles. The largest absolute Gasteiger partial charge is 0.208 e. The fraction of sp³-hybridized carbons (Fsp3) is 0. The lowest BCUT2D eigenvalue weighted by atomic mass is 9.91. The first-order valence-electron chi connectivity index (χ1n) is 19.8. The van der Waals surface area contributed by atoms with Crippen LogP contribution < -0.4 is 0 Å². The molecule has 0 amide bonds. The third-order valence-electron chi connectivity index (χ3n) is 11.2. The highest BCUT2D eigenvalue weighted by Gasteiger charge is 2.17. The number of aromatic nitrogens is 3. The van der Waals surface area contributed by atoms with Crippen molar-refractivity contribution in [1.82, 2.24) is 15.0 Å². The van der Waals surface area contributed by atoms with E-state index < -0.39 is 0 Å². The Kier molecular flexibility index (Phi) is 8.68. The van der Waals surface area contributed by atoms with E-state index in [0.717, 1.165) is 44.5 Å². The molecule has 0 aliphatic carbocycles. The summed E-state index contributed by atoms with van der Waals surface area (Å²) in [4.78, 5) is 15.5. The summed E-state index contributed by atoms with van der Waals surface area (Å²) < 4.78 is 2.63. The van der Waals surface area contributed by atoms with Gasteiger partial charge in [-0.1, -0.05) is 194 Å². The monoisotopic (exact) mass is 769 g/mol. The molecule has 0 atom stereocenters. The Morgan fingerprint density at radius 3 is 1.47 bits per heavy atom. The number of benzene rings is 9. The standard InChI is InChI=1S/C55H35N3S/c1-3-14-36(15-4-1)40-18-13-19-42(34-40)54-56-53(57-55(58-54)50-24-10-7-20-43(50)37-16-5-2-6-17-37)39-28-26-38(27-29-39)44-32-33-45(47-22-9-8-21-46(44)47)41-30-31-49-48-23-11-12-25-51(48)59-52(49)35-41/h1-35H. The van der Waals surface area contributed by atoms with Gasteiger partial charge in [0.1, 0.15) is 0 Å². The van der Waals surface area contributed by atoms with Gasteiger partial charge < -0.3 is 0 Å². The maximum Gasteiger partial charge on any atom is 0.164 e. The molecule has 11 aromatic rings. The van der Waals surface area contributed by atoms with Crippen LogP contribution in [0.3, 0.4) is 0 Å². The Morgan fingerprint density at radius 2 is 0.729 bits per heavy atom. The Bertz CT molecular complexity index is 3320. The molecule has 0 saturated heterocycles. The van der Waals surface area contributed by atoms with Crippen molar-refractivity contribution in [3.05, 3.63) is 212 Å².